The number of Topliss-reactive ketones (excluding diaryl/α,β-unsaturated/α-hetero) is 1. The first-order chi connectivity index (χ1) is 14.8. The zero-order valence-electron chi connectivity index (χ0n) is 16.9. The molecule has 0 bridgehead atoms. The topological polar surface area (TPSA) is 94.9 Å². The van der Waals surface area contributed by atoms with E-state index in [2.05, 4.69) is 5.32 Å². The van der Waals surface area contributed by atoms with Gasteiger partial charge in [0.15, 0.2) is 17.2 Å². The van der Waals surface area contributed by atoms with Crippen molar-refractivity contribution < 1.29 is 23.5 Å². The normalized spacial score (nSPS) is 18.0. The first kappa shape index (κ1) is 21.0. The van der Waals surface area contributed by atoms with Gasteiger partial charge < -0.3 is 15.3 Å². The van der Waals surface area contributed by atoms with Gasteiger partial charge in [0.2, 0.25) is 5.43 Å². The second kappa shape index (κ2) is 8.10. The maximum Gasteiger partial charge on any atom is 0.278 e. The summed E-state index contributed by atoms with van der Waals surface area (Å²) in [5, 5.41) is 15.6. The van der Waals surface area contributed by atoms with Gasteiger partial charge in [-0.15, -0.1) is 0 Å². The molecule has 0 spiro atoms. The largest absolute Gasteiger partial charge is 0.502 e. The van der Waals surface area contributed by atoms with Crippen LogP contribution in [0, 0.1) is 11.6 Å². The lowest BCUT2D eigenvalue weighted by Gasteiger charge is -2.48. The highest BCUT2D eigenvalue weighted by Crippen LogP contribution is 2.25. The number of carbonyl (C=O) groups excluding carboxylic acids is 2. The minimum absolute atomic E-state index is 0.0360. The van der Waals surface area contributed by atoms with Crippen molar-refractivity contribution in [3.63, 3.8) is 0 Å². The Morgan fingerprint density at radius 1 is 1.29 bits per heavy atom. The molecule has 1 aromatic carbocycles. The molecule has 2 aliphatic rings. The number of piperazine rings is 1. The minimum Gasteiger partial charge on any atom is -0.502 e. The molecule has 3 heterocycles. The van der Waals surface area contributed by atoms with Gasteiger partial charge in [-0.1, -0.05) is 6.07 Å². The average Bonchev–Trinajstić information content (AvgIpc) is 2.75. The molecular formula is C21H22F2N4O4. The number of likely N-dealkylation sites (N-methyl/N-ethyl adjacent to an activating group) is 1. The summed E-state index contributed by atoms with van der Waals surface area (Å²) in [5.41, 5.74) is -1.24. The fraction of sp³-hybridized carbons (Fsp3) is 0.381. The van der Waals surface area contributed by atoms with Crippen LogP contribution in [0.4, 0.5) is 8.78 Å². The number of aromatic nitrogens is 1. The van der Waals surface area contributed by atoms with Crippen molar-refractivity contribution in [3.05, 3.63) is 63.1 Å². The molecule has 0 radical (unpaired) electrons. The highest BCUT2D eigenvalue weighted by Gasteiger charge is 2.40. The Balaban J connectivity index is 1.69. The second-order valence-corrected chi connectivity index (χ2v) is 7.51. The van der Waals surface area contributed by atoms with E-state index in [4.69, 9.17) is 0 Å². The molecular weight excluding hydrogens is 410 g/mol. The zero-order chi connectivity index (χ0) is 22.3. The van der Waals surface area contributed by atoms with Gasteiger partial charge in [0.25, 0.3) is 5.91 Å². The summed E-state index contributed by atoms with van der Waals surface area (Å²) in [5.74, 6) is -3.36. The van der Waals surface area contributed by atoms with Crippen molar-refractivity contribution in [1.29, 1.82) is 0 Å². The molecule has 1 aromatic heterocycles. The Morgan fingerprint density at radius 3 is 2.77 bits per heavy atom. The van der Waals surface area contributed by atoms with Crippen LogP contribution < -0.4 is 15.8 Å². The smallest absolute Gasteiger partial charge is 0.278 e. The number of halogens is 2. The van der Waals surface area contributed by atoms with Crippen molar-refractivity contribution in [3.8, 4) is 5.75 Å². The van der Waals surface area contributed by atoms with E-state index in [1.807, 2.05) is 11.9 Å². The summed E-state index contributed by atoms with van der Waals surface area (Å²) in [6, 6.07) is 3.08. The van der Waals surface area contributed by atoms with Crippen LogP contribution in [0.1, 0.15) is 39.8 Å². The number of benzene rings is 1. The number of aromatic hydroxyl groups is 1. The average molecular weight is 432 g/mol. The van der Waals surface area contributed by atoms with Crippen molar-refractivity contribution in [2.45, 2.75) is 25.9 Å². The number of hydrogen-bond acceptors (Lipinski definition) is 6. The maximum absolute atomic E-state index is 13.9. The molecule has 164 valence electrons. The highest BCUT2D eigenvalue weighted by molar-refractivity contribution is 6.00. The first-order valence-electron chi connectivity index (χ1n) is 10.1. The summed E-state index contributed by atoms with van der Waals surface area (Å²) in [6.07, 6.45) is 0.712. The van der Waals surface area contributed by atoms with Gasteiger partial charge in [-0.2, -0.15) is 0 Å². The van der Waals surface area contributed by atoms with E-state index >= 15 is 0 Å². The predicted molar refractivity (Wildman–Crippen MR) is 108 cm³/mol. The van der Waals surface area contributed by atoms with E-state index in [-0.39, 0.29) is 35.8 Å². The van der Waals surface area contributed by atoms with E-state index in [1.54, 1.807) is 4.90 Å². The number of rotatable bonds is 5. The quantitative estimate of drug-likeness (QED) is 0.685. The molecule has 0 unspecified atom stereocenters. The molecule has 0 saturated carbocycles. The molecule has 2 aliphatic heterocycles. The molecule has 1 atom stereocenters. The highest BCUT2D eigenvalue weighted by atomic mass is 19.1. The summed E-state index contributed by atoms with van der Waals surface area (Å²) in [7, 11) is 0. The summed E-state index contributed by atoms with van der Waals surface area (Å²) >= 11 is 0. The van der Waals surface area contributed by atoms with Crippen LogP contribution in [-0.4, -0.2) is 58.7 Å². The van der Waals surface area contributed by atoms with Crippen LogP contribution in [-0.2, 0) is 6.42 Å². The molecule has 8 nitrogen and oxygen atoms in total. The Morgan fingerprint density at radius 2 is 2.06 bits per heavy atom. The van der Waals surface area contributed by atoms with E-state index in [0.717, 1.165) is 12.1 Å². The Bertz CT molecular complexity index is 1120. The third-order valence-electron chi connectivity index (χ3n) is 5.73. The fourth-order valence-electron chi connectivity index (χ4n) is 4.12. The van der Waals surface area contributed by atoms with Crippen LogP contribution in [0.2, 0.25) is 0 Å². The lowest BCUT2D eigenvalue weighted by atomic mass is 10.0. The van der Waals surface area contributed by atoms with Crippen molar-refractivity contribution in [1.82, 2.24) is 14.9 Å². The summed E-state index contributed by atoms with van der Waals surface area (Å²) < 4.78 is 28.3. The first-order valence-corrected chi connectivity index (χ1v) is 10.1. The predicted octanol–water partition coefficient (Wildman–Crippen LogP) is 0.991. The molecule has 4 rings (SSSR count). The second-order valence-electron chi connectivity index (χ2n) is 7.51. The number of nitrogens with zero attached hydrogens (tertiary/aromatic N) is 3. The summed E-state index contributed by atoms with van der Waals surface area (Å²) in [6.45, 7) is 3.82. The number of amides is 1. The molecule has 1 amide bonds. The van der Waals surface area contributed by atoms with Gasteiger partial charge in [0, 0.05) is 44.9 Å². The van der Waals surface area contributed by atoms with Gasteiger partial charge >= 0.3 is 0 Å². The van der Waals surface area contributed by atoms with Crippen molar-refractivity contribution in [2.75, 3.05) is 31.2 Å². The molecule has 2 aromatic rings. The van der Waals surface area contributed by atoms with Crippen LogP contribution in [0.15, 0.2) is 29.2 Å². The van der Waals surface area contributed by atoms with E-state index in [1.165, 1.54) is 16.9 Å². The zero-order valence-corrected chi connectivity index (χ0v) is 16.9. The van der Waals surface area contributed by atoms with Crippen LogP contribution in [0.25, 0.3) is 0 Å². The lowest BCUT2D eigenvalue weighted by molar-refractivity contribution is 0.0554. The monoisotopic (exact) mass is 432 g/mol. The number of aryl methyl sites for hydroxylation is 1. The summed E-state index contributed by atoms with van der Waals surface area (Å²) in [4.78, 5) is 39.9. The third kappa shape index (κ3) is 3.56. The number of pyridine rings is 1. The third-order valence-corrected chi connectivity index (χ3v) is 5.73. The van der Waals surface area contributed by atoms with E-state index in [0.29, 0.717) is 26.2 Å². The van der Waals surface area contributed by atoms with Crippen molar-refractivity contribution in [2.24, 2.45) is 0 Å². The number of ketones is 1. The van der Waals surface area contributed by atoms with Gasteiger partial charge in [-0.3, -0.25) is 24.1 Å². The van der Waals surface area contributed by atoms with Crippen molar-refractivity contribution >= 4 is 11.7 Å². The molecule has 10 heteroatoms. The van der Waals surface area contributed by atoms with Gasteiger partial charge in [0.1, 0.15) is 17.8 Å². The number of nitrogens with one attached hydrogen (secondary N) is 1. The SMILES string of the molecule is CCN1C(=O)c2c(O)c(=O)c(C(=O)CCc3ccc(F)cc3F)cn2N2CCNC[C@@H]12. The van der Waals surface area contributed by atoms with Gasteiger partial charge in [-0.25, -0.2) is 8.78 Å². The standard InChI is InChI=1S/C21H22F2N4O4/c1-2-25-17-10-24-7-8-26(17)27-11-14(19(29)20(30)18(27)21(25)31)16(28)6-4-12-3-5-13(22)9-15(12)23/h3,5,9,11,17,24,30H,2,4,6-8,10H2,1H3/t17-/m0/s1. The number of carbonyl (C=O) groups is 2. The van der Waals surface area contributed by atoms with E-state index < -0.39 is 34.5 Å². The molecule has 0 aliphatic carbocycles. The fourth-order valence-corrected chi connectivity index (χ4v) is 4.12. The molecule has 2 N–H and O–H groups in total. The molecule has 1 fully saturated rings. The van der Waals surface area contributed by atoms with Crippen LogP contribution in [0.3, 0.4) is 0 Å². The van der Waals surface area contributed by atoms with Crippen LogP contribution in [0.5, 0.6) is 5.75 Å². The molecule has 31 heavy (non-hydrogen) atoms. The minimum atomic E-state index is -0.936. The van der Waals surface area contributed by atoms with Gasteiger partial charge in [-0.05, 0) is 25.0 Å². The van der Waals surface area contributed by atoms with Gasteiger partial charge in [0.05, 0.1) is 5.56 Å². The lowest BCUT2D eigenvalue weighted by Crippen LogP contribution is -2.68. The number of fused-ring (bicyclic) bond motifs is 3. The Labute approximate surface area is 176 Å². The molecule has 1 saturated heterocycles. The van der Waals surface area contributed by atoms with E-state index in [9.17, 15) is 28.3 Å². The number of hydrogen-bond donors (Lipinski definition) is 2. The maximum atomic E-state index is 13.9. The van der Waals surface area contributed by atoms with Crippen LogP contribution >= 0.6 is 0 Å². The Hall–Kier alpha value is -3.27. The Kier molecular flexibility index (Phi) is 5.48.